The zero-order valence-corrected chi connectivity index (χ0v) is 33.9. The summed E-state index contributed by atoms with van der Waals surface area (Å²) in [5.74, 6) is -0.200. The topological polar surface area (TPSA) is 83.1 Å². The molecule has 1 aliphatic rings. The van der Waals surface area contributed by atoms with Crippen LogP contribution in [0, 0.1) is 6.92 Å². The van der Waals surface area contributed by atoms with E-state index in [0.717, 1.165) is 55.6 Å². The Morgan fingerprint density at radius 1 is 0.600 bits per heavy atom. The van der Waals surface area contributed by atoms with Crippen molar-refractivity contribution in [3.63, 3.8) is 0 Å². The van der Waals surface area contributed by atoms with Gasteiger partial charge in [0.2, 0.25) is 0 Å². The van der Waals surface area contributed by atoms with Gasteiger partial charge in [-0.05, 0) is 76.1 Å². The van der Waals surface area contributed by atoms with Crippen molar-refractivity contribution in [2.24, 2.45) is 0 Å². The summed E-state index contributed by atoms with van der Waals surface area (Å²) in [6.45, 7) is 3.86. The van der Waals surface area contributed by atoms with Crippen molar-refractivity contribution in [1.29, 1.82) is 0 Å². The minimum Gasteiger partial charge on any atom is -0.497 e. The highest BCUT2D eigenvalue weighted by atomic mass is 16.6. The minimum atomic E-state index is -1.32. The Balaban J connectivity index is 1.16. The summed E-state index contributed by atoms with van der Waals surface area (Å²) in [6.07, 6.45) is -2.55. The third-order valence-corrected chi connectivity index (χ3v) is 11.3. The van der Waals surface area contributed by atoms with E-state index in [-0.39, 0.29) is 12.5 Å². The fourth-order valence-corrected chi connectivity index (χ4v) is 8.24. The van der Waals surface area contributed by atoms with Crippen LogP contribution in [0.2, 0.25) is 0 Å². The Labute approximate surface area is 351 Å². The standard InChI is InChI=1S/C53H47NO6/c1-36-27-29-38(30-28-36)50(39-31-33-43(57-3)34-32-39)59-51(55)49(54-52(56)58-35-48-46-25-15-13-23-44(46)45-24-14-16-26-47(45)48)37(2)60-53(40-17-7-4-8-18-40,41-19-9-5-10-20-41)42-21-11-6-12-22-42/h4-34,37,48-50H,35H2,1-3H3,(H,54,56)/t37-,49+,50?/m0/s1. The molecule has 0 radical (unpaired) electrons. The molecule has 0 fully saturated rings. The molecule has 0 spiro atoms. The number of hydrogen-bond acceptors (Lipinski definition) is 6. The lowest BCUT2D eigenvalue weighted by molar-refractivity contribution is -0.157. The van der Waals surface area contributed by atoms with E-state index in [1.54, 1.807) is 14.0 Å². The molecule has 1 N–H and O–H groups in total. The third kappa shape index (κ3) is 8.17. The Morgan fingerprint density at radius 3 is 1.53 bits per heavy atom. The molecule has 1 amide bonds. The van der Waals surface area contributed by atoms with Crippen molar-refractivity contribution < 1.29 is 28.5 Å². The number of fused-ring (bicyclic) bond motifs is 3. The van der Waals surface area contributed by atoms with E-state index < -0.39 is 35.9 Å². The molecular weight excluding hydrogens is 747 g/mol. The molecule has 1 unspecified atom stereocenters. The van der Waals surface area contributed by atoms with E-state index in [4.69, 9.17) is 18.9 Å². The maximum atomic E-state index is 15.0. The highest BCUT2D eigenvalue weighted by Gasteiger charge is 2.43. The van der Waals surface area contributed by atoms with Crippen molar-refractivity contribution in [1.82, 2.24) is 5.32 Å². The number of aryl methyl sites for hydroxylation is 1. The number of carbonyl (C=O) groups excluding carboxylic acids is 2. The average Bonchev–Trinajstić information content (AvgIpc) is 3.63. The van der Waals surface area contributed by atoms with Gasteiger partial charge >= 0.3 is 12.1 Å². The largest absolute Gasteiger partial charge is 0.497 e. The van der Waals surface area contributed by atoms with Gasteiger partial charge in [-0.2, -0.15) is 0 Å². The summed E-state index contributed by atoms with van der Waals surface area (Å²) in [7, 11) is 1.60. The van der Waals surface area contributed by atoms with Gasteiger partial charge in [0.25, 0.3) is 0 Å². The lowest BCUT2D eigenvalue weighted by Gasteiger charge is -2.40. The molecule has 7 nitrogen and oxygen atoms in total. The van der Waals surface area contributed by atoms with E-state index >= 15 is 0 Å². The van der Waals surface area contributed by atoms with E-state index in [0.29, 0.717) is 5.75 Å². The van der Waals surface area contributed by atoms with Crippen LogP contribution in [-0.4, -0.2) is 37.9 Å². The molecule has 7 aromatic rings. The van der Waals surface area contributed by atoms with Crippen LogP contribution in [0.1, 0.15) is 63.5 Å². The summed E-state index contributed by atoms with van der Waals surface area (Å²) in [5, 5.41) is 2.92. The molecule has 0 heterocycles. The second kappa shape index (κ2) is 17.9. The van der Waals surface area contributed by atoms with Crippen LogP contribution in [0.25, 0.3) is 11.1 Å². The summed E-state index contributed by atoms with van der Waals surface area (Å²) >= 11 is 0. The van der Waals surface area contributed by atoms with Gasteiger partial charge in [0.15, 0.2) is 12.1 Å². The third-order valence-electron chi connectivity index (χ3n) is 11.3. The summed E-state index contributed by atoms with van der Waals surface area (Å²) < 4.78 is 25.3. The number of amides is 1. The lowest BCUT2D eigenvalue weighted by Crippen LogP contribution is -2.52. The van der Waals surface area contributed by atoms with Gasteiger partial charge in [-0.25, -0.2) is 9.59 Å². The molecule has 0 saturated heterocycles. The van der Waals surface area contributed by atoms with Crippen molar-refractivity contribution in [2.45, 2.75) is 43.6 Å². The summed E-state index contributed by atoms with van der Waals surface area (Å²) in [6, 6.07) is 60.0. The van der Waals surface area contributed by atoms with Crippen LogP contribution in [0.4, 0.5) is 4.79 Å². The first kappa shape index (κ1) is 39.8. The lowest BCUT2D eigenvalue weighted by atomic mass is 9.79. The molecule has 0 aromatic heterocycles. The first-order chi connectivity index (χ1) is 29.4. The van der Waals surface area contributed by atoms with Crippen molar-refractivity contribution in [2.75, 3.05) is 13.7 Å². The molecule has 7 heteroatoms. The molecule has 1 aliphatic carbocycles. The van der Waals surface area contributed by atoms with E-state index in [2.05, 4.69) is 29.6 Å². The predicted octanol–water partition coefficient (Wildman–Crippen LogP) is 10.9. The Bertz CT molecular complexity index is 2380. The maximum absolute atomic E-state index is 15.0. The van der Waals surface area contributed by atoms with E-state index in [9.17, 15) is 9.59 Å². The smallest absolute Gasteiger partial charge is 0.407 e. The number of rotatable bonds is 14. The van der Waals surface area contributed by atoms with Crippen LogP contribution in [0.3, 0.4) is 0 Å². The minimum absolute atomic E-state index is 0.0662. The molecule has 8 rings (SSSR count). The van der Waals surface area contributed by atoms with Crippen LogP contribution in [0.5, 0.6) is 5.75 Å². The highest BCUT2D eigenvalue weighted by Crippen LogP contribution is 2.45. The van der Waals surface area contributed by atoms with Crippen LogP contribution in [0.15, 0.2) is 188 Å². The Morgan fingerprint density at radius 2 is 1.05 bits per heavy atom. The number of methoxy groups -OCH3 is 1. The monoisotopic (exact) mass is 793 g/mol. The number of hydrogen-bond donors (Lipinski definition) is 1. The zero-order chi connectivity index (χ0) is 41.5. The molecule has 300 valence electrons. The van der Waals surface area contributed by atoms with Gasteiger partial charge in [0, 0.05) is 5.92 Å². The van der Waals surface area contributed by atoms with Gasteiger partial charge in [0.1, 0.15) is 18.0 Å². The predicted molar refractivity (Wildman–Crippen MR) is 234 cm³/mol. The zero-order valence-electron chi connectivity index (χ0n) is 33.9. The summed E-state index contributed by atoms with van der Waals surface area (Å²) in [4.78, 5) is 29.1. The molecule has 0 saturated carbocycles. The van der Waals surface area contributed by atoms with Crippen LogP contribution >= 0.6 is 0 Å². The van der Waals surface area contributed by atoms with E-state index in [1.165, 1.54) is 0 Å². The highest BCUT2D eigenvalue weighted by molar-refractivity contribution is 5.83. The SMILES string of the molecule is COc1ccc(C(OC(=O)[C@H](NC(=O)OCC2c3ccccc3-c3ccccc32)[C@H](C)OC(c2ccccc2)(c2ccccc2)c2ccccc2)c2ccc(C)cc2)cc1. The van der Waals surface area contributed by atoms with E-state index in [1.807, 2.05) is 171 Å². The molecule has 0 aliphatic heterocycles. The van der Waals surface area contributed by atoms with Crippen molar-refractivity contribution >= 4 is 12.1 Å². The fraction of sp³-hybridized carbons (Fsp3) is 0.170. The van der Waals surface area contributed by atoms with Crippen molar-refractivity contribution in [3.05, 3.63) is 233 Å². The van der Waals surface area contributed by atoms with Gasteiger partial charge < -0.3 is 24.3 Å². The first-order valence-electron chi connectivity index (χ1n) is 20.2. The first-order valence-corrected chi connectivity index (χ1v) is 20.2. The number of carbonyl (C=O) groups is 2. The number of benzene rings is 7. The number of nitrogens with one attached hydrogen (secondary N) is 1. The molecule has 0 bridgehead atoms. The fourth-order valence-electron chi connectivity index (χ4n) is 8.24. The number of esters is 1. The summed E-state index contributed by atoms with van der Waals surface area (Å²) in [5.41, 5.74) is 8.29. The van der Waals surface area contributed by atoms with Crippen molar-refractivity contribution in [3.8, 4) is 16.9 Å². The quantitative estimate of drug-likeness (QED) is 0.0872. The van der Waals surface area contributed by atoms with Gasteiger partial charge in [-0.3, -0.25) is 0 Å². The van der Waals surface area contributed by atoms with Gasteiger partial charge in [-0.1, -0.05) is 181 Å². The molecule has 7 aromatic carbocycles. The molecule has 3 atom stereocenters. The molecule has 60 heavy (non-hydrogen) atoms. The Kier molecular flexibility index (Phi) is 11.9. The second-order valence-corrected chi connectivity index (χ2v) is 15.1. The average molecular weight is 794 g/mol. The van der Waals surface area contributed by atoms with Gasteiger partial charge in [0.05, 0.1) is 13.2 Å². The van der Waals surface area contributed by atoms with Gasteiger partial charge in [-0.15, -0.1) is 0 Å². The second-order valence-electron chi connectivity index (χ2n) is 15.1. The number of alkyl carbamates (subject to hydrolysis) is 1. The molecular formula is C53H47NO6. The maximum Gasteiger partial charge on any atom is 0.407 e. The number of ether oxygens (including phenoxy) is 4. The van der Waals surface area contributed by atoms with Crippen LogP contribution < -0.4 is 10.1 Å². The van der Waals surface area contributed by atoms with Crippen LogP contribution in [-0.2, 0) is 24.6 Å². The Hall–Kier alpha value is -6.96. The normalized spacial score (nSPS) is 13.6.